The number of hydrogen-bond acceptors (Lipinski definition) is 3. The molecule has 1 aliphatic heterocycles. The SMILES string of the molecule is O=S(=O)(c1cc(Br)ccc1Br)N1CCn2ccnc2C1. The number of benzene rings is 1. The number of sulfonamides is 1. The zero-order chi connectivity index (χ0) is 14.3. The van der Waals surface area contributed by atoms with E-state index in [0.717, 1.165) is 10.3 Å². The summed E-state index contributed by atoms with van der Waals surface area (Å²) in [7, 11) is -3.53. The molecule has 0 atom stereocenters. The molecule has 2 aromatic rings. The highest BCUT2D eigenvalue weighted by atomic mass is 79.9. The summed E-state index contributed by atoms with van der Waals surface area (Å²) in [5.74, 6) is 0.769. The van der Waals surface area contributed by atoms with E-state index in [1.165, 1.54) is 4.31 Å². The van der Waals surface area contributed by atoms with Crippen LogP contribution in [0.3, 0.4) is 0 Å². The third kappa shape index (κ3) is 2.45. The molecule has 3 rings (SSSR count). The zero-order valence-corrected chi connectivity index (χ0v) is 14.3. The maximum atomic E-state index is 12.7. The Balaban J connectivity index is 1.99. The summed E-state index contributed by atoms with van der Waals surface area (Å²) in [6, 6.07) is 5.13. The largest absolute Gasteiger partial charge is 0.333 e. The van der Waals surface area contributed by atoms with Gasteiger partial charge in [0.25, 0.3) is 0 Å². The fourth-order valence-electron chi connectivity index (χ4n) is 2.17. The molecule has 0 aliphatic carbocycles. The molecule has 106 valence electrons. The lowest BCUT2D eigenvalue weighted by atomic mass is 10.4. The molecule has 0 amide bonds. The van der Waals surface area contributed by atoms with Crippen molar-refractivity contribution in [2.75, 3.05) is 6.54 Å². The lowest BCUT2D eigenvalue weighted by molar-refractivity contribution is 0.335. The van der Waals surface area contributed by atoms with Crippen molar-refractivity contribution in [3.8, 4) is 0 Å². The number of nitrogens with zero attached hydrogens (tertiary/aromatic N) is 3. The van der Waals surface area contributed by atoms with Gasteiger partial charge in [-0.25, -0.2) is 13.4 Å². The van der Waals surface area contributed by atoms with Gasteiger partial charge in [0.1, 0.15) is 5.82 Å². The van der Waals surface area contributed by atoms with Gasteiger partial charge >= 0.3 is 0 Å². The van der Waals surface area contributed by atoms with Crippen LogP contribution in [0.1, 0.15) is 5.82 Å². The summed E-state index contributed by atoms with van der Waals surface area (Å²) in [5, 5.41) is 0. The van der Waals surface area contributed by atoms with Crippen molar-refractivity contribution in [2.45, 2.75) is 18.0 Å². The van der Waals surface area contributed by atoms with Crippen LogP contribution in [0.15, 0.2) is 44.4 Å². The Labute approximate surface area is 133 Å². The summed E-state index contributed by atoms with van der Waals surface area (Å²) in [6.07, 6.45) is 3.56. The standard InChI is InChI=1S/C12H11Br2N3O2S/c13-9-1-2-10(14)11(7-9)20(18,19)17-6-5-16-4-3-15-12(16)8-17/h1-4,7H,5-6,8H2. The predicted octanol–water partition coefficient (Wildman–Crippen LogP) is 2.61. The van der Waals surface area contributed by atoms with Crippen molar-refractivity contribution >= 4 is 41.9 Å². The Morgan fingerprint density at radius 2 is 2.00 bits per heavy atom. The molecule has 20 heavy (non-hydrogen) atoms. The number of imidazole rings is 1. The molecule has 8 heteroatoms. The lowest BCUT2D eigenvalue weighted by Gasteiger charge is -2.27. The molecule has 1 aromatic carbocycles. The lowest BCUT2D eigenvalue weighted by Crippen LogP contribution is -2.38. The van der Waals surface area contributed by atoms with E-state index in [9.17, 15) is 8.42 Å². The van der Waals surface area contributed by atoms with Gasteiger partial charge in [-0.15, -0.1) is 0 Å². The fourth-order valence-corrected chi connectivity index (χ4v) is 5.02. The van der Waals surface area contributed by atoms with Crippen LogP contribution in [0, 0.1) is 0 Å². The first-order valence-corrected chi connectivity index (χ1v) is 8.96. The van der Waals surface area contributed by atoms with E-state index in [1.54, 1.807) is 24.4 Å². The van der Waals surface area contributed by atoms with Crippen LogP contribution >= 0.6 is 31.9 Å². The quantitative estimate of drug-likeness (QED) is 0.750. The highest BCUT2D eigenvalue weighted by Gasteiger charge is 2.30. The average molecular weight is 421 g/mol. The van der Waals surface area contributed by atoms with Crippen molar-refractivity contribution in [3.63, 3.8) is 0 Å². The van der Waals surface area contributed by atoms with E-state index in [1.807, 2.05) is 10.8 Å². The van der Waals surface area contributed by atoms with E-state index in [-0.39, 0.29) is 4.90 Å². The Hall–Kier alpha value is -0.700. The number of fused-ring (bicyclic) bond motifs is 1. The van der Waals surface area contributed by atoms with Gasteiger partial charge in [-0.1, -0.05) is 15.9 Å². The van der Waals surface area contributed by atoms with Gasteiger partial charge in [0.2, 0.25) is 10.0 Å². The van der Waals surface area contributed by atoms with E-state index in [2.05, 4.69) is 36.8 Å². The molecule has 0 spiro atoms. The Kier molecular flexibility index (Phi) is 3.74. The fraction of sp³-hybridized carbons (Fsp3) is 0.250. The minimum absolute atomic E-state index is 0.270. The van der Waals surface area contributed by atoms with Gasteiger partial charge in [-0.05, 0) is 34.1 Å². The topological polar surface area (TPSA) is 55.2 Å². The van der Waals surface area contributed by atoms with Crippen LogP contribution in [0.5, 0.6) is 0 Å². The molecule has 0 saturated carbocycles. The highest BCUT2D eigenvalue weighted by Crippen LogP contribution is 2.29. The van der Waals surface area contributed by atoms with Gasteiger partial charge in [-0.2, -0.15) is 4.31 Å². The summed E-state index contributed by atoms with van der Waals surface area (Å²) in [5.41, 5.74) is 0. The van der Waals surface area contributed by atoms with Crippen molar-refractivity contribution < 1.29 is 8.42 Å². The van der Waals surface area contributed by atoms with Gasteiger partial charge in [-0.3, -0.25) is 0 Å². The normalized spacial score (nSPS) is 16.1. The van der Waals surface area contributed by atoms with Crippen LogP contribution in [-0.2, 0) is 23.1 Å². The molecular weight excluding hydrogens is 410 g/mol. The number of rotatable bonds is 2. The third-order valence-electron chi connectivity index (χ3n) is 3.22. The molecule has 1 aromatic heterocycles. The maximum absolute atomic E-state index is 12.7. The smallest absolute Gasteiger partial charge is 0.244 e. The van der Waals surface area contributed by atoms with Crippen LogP contribution < -0.4 is 0 Å². The second kappa shape index (κ2) is 5.25. The minimum Gasteiger partial charge on any atom is -0.333 e. The minimum atomic E-state index is -3.53. The molecule has 0 saturated heterocycles. The van der Waals surface area contributed by atoms with Crippen molar-refractivity contribution in [2.24, 2.45) is 0 Å². The van der Waals surface area contributed by atoms with E-state index in [4.69, 9.17) is 0 Å². The monoisotopic (exact) mass is 419 g/mol. The first-order valence-electron chi connectivity index (χ1n) is 5.94. The molecule has 1 aliphatic rings. The Bertz CT molecular complexity index is 758. The number of hydrogen-bond donors (Lipinski definition) is 0. The van der Waals surface area contributed by atoms with Crippen LogP contribution in [0.4, 0.5) is 0 Å². The molecule has 0 fully saturated rings. The van der Waals surface area contributed by atoms with E-state index < -0.39 is 10.0 Å². The van der Waals surface area contributed by atoms with Crippen molar-refractivity contribution in [1.82, 2.24) is 13.9 Å². The second-order valence-corrected chi connectivity index (χ2v) is 8.13. The number of aromatic nitrogens is 2. The molecule has 0 unspecified atom stereocenters. The molecule has 2 heterocycles. The molecule has 0 radical (unpaired) electrons. The second-order valence-electron chi connectivity index (χ2n) is 4.45. The van der Waals surface area contributed by atoms with E-state index in [0.29, 0.717) is 24.1 Å². The Morgan fingerprint density at radius 1 is 1.20 bits per heavy atom. The van der Waals surface area contributed by atoms with Crippen molar-refractivity contribution in [3.05, 3.63) is 45.4 Å². The third-order valence-corrected chi connectivity index (χ3v) is 6.55. The average Bonchev–Trinajstić information content (AvgIpc) is 2.88. The first kappa shape index (κ1) is 14.2. The van der Waals surface area contributed by atoms with Crippen LogP contribution in [0.25, 0.3) is 0 Å². The molecule has 0 bridgehead atoms. The number of halogens is 2. The van der Waals surface area contributed by atoms with Gasteiger partial charge in [0, 0.05) is 34.4 Å². The summed E-state index contributed by atoms with van der Waals surface area (Å²) >= 11 is 6.62. The predicted molar refractivity (Wildman–Crippen MR) is 81.7 cm³/mol. The maximum Gasteiger partial charge on any atom is 0.244 e. The summed E-state index contributed by atoms with van der Waals surface area (Å²) < 4.78 is 30.2. The zero-order valence-electron chi connectivity index (χ0n) is 10.3. The highest BCUT2D eigenvalue weighted by molar-refractivity contribution is 9.11. The molecular formula is C12H11Br2N3O2S. The summed E-state index contributed by atoms with van der Waals surface area (Å²) in [4.78, 5) is 4.46. The summed E-state index contributed by atoms with van der Waals surface area (Å²) in [6.45, 7) is 1.37. The van der Waals surface area contributed by atoms with Gasteiger partial charge in [0.05, 0.1) is 11.4 Å². The van der Waals surface area contributed by atoms with Crippen LogP contribution in [0.2, 0.25) is 0 Å². The molecule has 5 nitrogen and oxygen atoms in total. The van der Waals surface area contributed by atoms with E-state index >= 15 is 0 Å². The van der Waals surface area contributed by atoms with Crippen molar-refractivity contribution in [1.29, 1.82) is 0 Å². The van der Waals surface area contributed by atoms with Crippen LogP contribution in [-0.4, -0.2) is 28.8 Å². The van der Waals surface area contributed by atoms with Gasteiger partial charge in [0.15, 0.2) is 0 Å². The Morgan fingerprint density at radius 3 is 2.80 bits per heavy atom. The molecule has 0 N–H and O–H groups in total. The van der Waals surface area contributed by atoms with Gasteiger partial charge < -0.3 is 4.57 Å². The first-order chi connectivity index (χ1) is 9.48.